The third-order valence-electron chi connectivity index (χ3n) is 4.15. The minimum Gasteiger partial charge on any atom is -0.486 e. The molecule has 0 aliphatic carbocycles. The summed E-state index contributed by atoms with van der Waals surface area (Å²) >= 11 is 1.41. The maximum atomic E-state index is 12.9. The van der Waals surface area contributed by atoms with Crippen LogP contribution in [-0.2, 0) is 22.7 Å². The van der Waals surface area contributed by atoms with E-state index in [1.165, 1.54) is 29.5 Å². The predicted molar refractivity (Wildman–Crippen MR) is 113 cm³/mol. The fourth-order valence-corrected chi connectivity index (χ4v) is 3.37. The van der Waals surface area contributed by atoms with Crippen LogP contribution in [0.2, 0.25) is 0 Å². The smallest absolute Gasteiger partial charge is 0.331 e. The number of ether oxygens (including phenoxy) is 2. The molecule has 0 fully saturated rings. The normalized spacial score (nSPS) is 11.1. The van der Waals surface area contributed by atoms with E-state index >= 15 is 0 Å². The Kier molecular flexibility index (Phi) is 6.10. The fourth-order valence-electron chi connectivity index (χ4n) is 2.68. The van der Waals surface area contributed by atoms with Crippen LogP contribution in [0.5, 0.6) is 5.75 Å². The van der Waals surface area contributed by atoms with E-state index in [1.807, 2.05) is 41.8 Å². The zero-order valence-electron chi connectivity index (χ0n) is 15.8. The van der Waals surface area contributed by atoms with Crippen molar-refractivity contribution in [1.29, 1.82) is 0 Å². The molecule has 0 aliphatic rings. The lowest BCUT2D eigenvalue weighted by Gasteiger charge is -2.03. The van der Waals surface area contributed by atoms with Gasteiger partial charge in [-0.2, -0.15) is 0 Å². The maximum absolute atomic E-state index is 12.9. The summed E-state index contributed by atoms with van der Waals surface area (Å²) in [6, 6.07) is 17.4. The molecule has 0 saturated heterocycles. The maximum Gasteiger partial charge on any atom is 0.331 e. The molecule has 4 aromatic rings. The quantitative estimate of drug-likeness (QED) is 0.305. The zero-order valence-corrected chi connectivity index (χ0v) is 16.6. The molecule has 0 radical (unpaired) electrons. The van der Waals surface area contributed by atoms with Crippen molar-refractivity contribution in [2.45, 2.75) is 13.2 Å². The summed E-state index contributed by atoms with van der Waals surface area (Å²) < 4.78 is 23.7. The molecule has 150 valence electrons. The van der Waals surface area contributed by atoms with Gasteiger partial charge in [-0.15, -0.1) is 11.3 Å². The molecule has 0 saturated carbocycles. The van der Waals surface area contributed by atoms with Gasteiger partial charge in [0, 0.05) is 16.8 Å². The first-order valence-corrected chi connectivity index (χ1v) is 10.1. The van der Waals surface area contributed by atoms with Crippen molar-refractivity contribution in [1.82, 2.24) is 9.97 Å². The van der Waals surface area contributed by atoms with Gasteiger partial charge in [-0.3, -0.25) is 0 Å². The molecule has 0 atom stereocenters. The van der Waals surface area contributed by atoms with Gasteiger partial charge in [0.15, 0.2) is 0 Å². The summed E-state index contributed by atoms with van der Waals surface area (Å²) in [4.78, 5) is 20.8. The Morgan fingerprint density at radius 2 is 1.83 bits per heavy atom. The summed E-state index contributed by atoms with van der Waals surface area (Å²) in [6.45, 7) is 0.332. The predicted octanol–water partition coefficient (Wildman–Crippen LogP) is 5.17. The van der Waals surface area contributed by atoms with Gasteiger partial charge in [0.05, 0.1) is 16.9 Å². The topological polar surface area (TPSA) is 61.3 Å². The number of esters is 1. The Hall–Kier alpha value is -3.58. The van der Waals surface area contributed by atoms with Crippen molar-refractivity contribution in [3.8, 4) is 5.75 Å². The third-order valence-corrected chi connectivity index (χ3v) is 5.02. The van der Waals surface area contributed by atoms with E-state index in [0.29, 0.717) is 17.1 Å². The number of carbonyl (C=O) groups excluding carboxylic acids is 1. The fraction of sp³-hybridized carbons (Fsp3) is 0.0870. The SMILES string of the molecule is O=C(/C=C/c1ccc2ccccc2n1)OCc1csc(COc2ccc(F)cc2)n1. The van der Waals surface area contributed by atoms with Crippen LogP contribution in [0, 0.1) is 5.82 Å². The Balaban J connectivity index is 1.27. The first-order valence-electron chi connectivity index (χ1n) is 9.18. The molecular formula is C23H17FN2O3S. The first-order chi connectivity index (χ1) is 14.7. The van der Waals surface area contributed by atoms with Gasteiger partial charge in [-0.25, -0.2) is 19.2 Å². The number of thiazole rings is 1. The molecule has 2 aromatic heterocycles. The average molecular weight is 420 g/mol. The van der Waals surface area contributed by atoms with Crippen molar-refractivity contribution >= 4 is 34.3 Å². The molecule has 0 amide bonds. The highest BCUT2D eigenvalue weighted by molar-refractivity contribution is 7.09. The largest absolute Gasteiger partial charge is 0.486 e. The van der Waals surface area contributed by atoms with Crippen LogP contribution in [0.15, 0.2) is 72.1 Å². The van der Waals surface area contributed by atoms with Crippen molar-refractivity contribution in [3.63, 3.8) is 0 Å². The minimum atomic E-state index is -0.470. The molecule has 5 nitrogen and oxygen atoms in total. The number of benzene rings is 2. The number of hydrogen-bond acceptors (Lipinski definition) is 6. The number of rotatable bonds is 7. The van der Waals surface area contributed by atoms with Gasteiger partial charge < -0.3 is 9.47 Å². The van der Waals surface area contributed by atoms with Gasteiger partial charge in [-0.1, -0.05) is 24.3 Å². The van der Waals surface area contributed by atoms with E-state index < -0.39 is 5.97 Å². The molecular weight excluding hydrogens is 403 g/mol. The standard InChI is InChI=1S/C23H17FN2O3S/c24-17-6-10-20(11-7-17)28-14-22-26-19(15-30-22)13-29-23(27)12-9-18-8-5-16-3-1-2-4-21(16)25-18/h1-12,15H,13-14H2/b12-9+. The lowest BCUT2D eigenvalue weighted by atomic mass is 10.2. The van der Waals surface area contributed by atoms with Crippen LogP contribution >= 0.6 is 11.3 Å². The number of para-hydroxylation sites is 1. The Bertz CT molecular complexity index is 1190. The second kappa shape index (κ2) is 9.28. The van der Waals surface area contributed by atoms with Crippen LogP contribution in [0.1, 0.15) is 16.4 Å². The number of fused-ring (bicyclic) bond motifs is 1. The van der Waals surface area contributed by atoms with Gasteiger partial charge >= 0.3 is 5.97 Å². The van der Waals surface area contributed by atoms with Gasteiger partial charge in [0.2, 0.25) is 0 Å². The summed E-state index contributed by atoms with van der Waals surface area (Å²) in [7, 11) is 0. The minimum absolute atomic E-state index is 0.0708. The Morgan fingerprint density at radius 1 is 1.00 bits per heavy atom. The van der Waals surface area contributed by atoms with Crippen molar-refractivity contribution in [2.24, 2.45) is 0 Å². The molecule has 0 spiro atoms. The monoisotopic (exact) mass is 420 g/mol. The summed E-state index contributed by atoms with van der Waals surface area (Å²) in [5, 5.41) is 3.59. The molecule has 4 rings (SSSR count). The molecule has 30 heavy (non-hydrogen) atoms. The zero-order chi connectivity index (χ0) is 20.8. The van der Waals surface area contributed by atoms with Gasteiger partial charge in [0.25, 0.3) is 0 Å². The number of pyridine rings is 1. The molecule has 2 heterocycles. The van der Waals surface area contributed by atoms with E-state index in [2.05, 4.69) is 9.97 Å². The highest BCUT2D eigenvalue weighted by atomic mass is 32.1. The average Bonchev–Trinajstić information content (AvgIpc) is 3.23. The number of aromatic nitrogens is 2. The van der Waals surface area contributed by atoms with Crippen molar-refractivity contribution < 1.29 is 18.7 Å². The Morgan fingerprint density at radius 3 is 2.70 bits per heavy atom. The van der Waals surface area contributed by atoms with Crippen molar-refractivity contribution in [2.75, 3.05) is 0 Å². The first kappa shape index (κ1) is 19.7. The van der Waals surface area contributed by atoms with E-state index in [-0.39, 0.29) is 19.0 Å². The number of hydrogen-bond donors (Lipinski definition) is 0. The number of carbonyl (C=O) groups is 1. The molecule has 0 N–H and O–H groups in total. The van der Waals surface area contributed by atoms with Crippen LogP contribution in [-0.4, -0.2) is 15.9 Å². The lowest BCUT2D eigenvalue weighted by Crippen LogP contribution is -2.02. The summed E-state index contributed by atoms with van der Waals surface area (Å²) in [5.41, 5.74) is 2.19. The summed E-state index contributed by atoms with van der Waals surface area (Å²) in [5.74, 6) is -0.222. The summed E-state index contributed by atoms with van der Waals surface area (Å²) in [6.07, 6.45) is 2.97. The van der Waals surface area contributed by atoms with Gasteiger partial charge in [-0.05, 0) is 42.5 Å². The second-order valence-corrected chi connectivity index (χ2v) is 7.29. The number of nitrogens with zero attached hydrogens (tertiary/aromatic N) is 2. The van der Waals surface area contributed by atoms with Gasteiger partial charge in [0.1, 0.15) is 29.8 Å². The molecule has 0 aliphatic heterocycles. The van der Waals surface area contributed by atoms with Crippen LogP contribution in [0.25, 0.3) is 17.0 Å². The molecule has 2 aromatic carbocycles. The third kappa shape index (κ3) is 5.27. The van der Waals surface area contributed by atoms with Crippen LogP contribution in [0.4, 0.5) is 4.39 Å². The highest BCUT2D eigenvalue weighted by Gasteiger charge is 2.06. The van der Waals surface area contributed by atoms with E-state index in [4.69, 9.17) is 9.47 Å². The van der Waals surface area contributed by atoms with Crippen LogP contribution < -0.4 is 4.74 Å². The van der Waals surface area contributed by atoms with E-state index in [0.717, 1.165) is 15.9 Å². The van der Waals surface area contributed by atoms with Crippen molar-refractivity contribution in [3.05, 3.63) is 94.3 Å². The highest BCUT2D eigenvalue weighted by Crippen LogP contribution is 2.17. The molecule has 7 heteroatoms. The van der Waals surface area contributed by atoms with E-state index in [9.17, 15) is 9.18 Å². The van der Waals surface area contributed by atoms with Crippen LogP contribution in [0.3, 0.4) is 0 Å². The lowest BCUT2D eigenvalue weighted by molar-refractivity contribution is -0.139. The number of halogens is 1. The molecule has 0 unspecified atom stereocenters. The second-order valence-electron chi connectivity index (χ2n) is 6.35. The Labute approximate surface area is 176 Å². The van der Waals surface area contributed by atoms with E-state index in [1.54, 1.807) is 18.2 Å². The molecule has 0 bridgehead atoms.